The van der Waals surface area contributed by atoms with Gasteiger partial charge in [-0.1, -0.05) is 0 Å². The first-order valence-electron chi connectivity index (χ1n) is 6.89. The second kappa shape index (κ2) is 6.75. The molecule has 0 saturated carbocycles. The van der Waals surface area contributed by atoms with Gasteiger partial charge in [-0.3, -0.25) is 0 Å². The summed E-state index contributed by atoms with van der Waals surface area (Å²) in [6.07, 6.45) is 2.57. The highest BCUT2D eigenvalue weighted by molar-refractivity contribution is 5.74. The van der Waals surface area contributed by atoms with Crippen LogP contribution in [0.2, 0.25) is 0 Å². The summed E-state index contributed by atoms with van der Waals surface area (Å²) in [6, 6.07) is 5.69. The van der Waals surface area contributed by atoms with Crippen LogP contribution in [-0.4, -0.2) is 48.6 Å². The van der Waals surface area contributed by atoms with Gasteiger partial charge in [0.2, 0.25) is 0 Å². The molecule has 20 heavy (non-hydrogen) atoms. The molecule has 0 radical (unpaired) electrons. The summed E-state index contributed by atoms with van der Waals surface area (Å²) in [5.74, 6) is 0.716. The van der Waals surface area contributed by atoms with Gasteiger partial charge < -0.3 is 15.1 Å². The molecule has 2 heterocycles. The summed E-state index contributed by atoms with van der Waals surface area (Å²) in [5.41, 5.74) is 0.582. The molecule has 1 aromatic rings. The smallest absolute Gasteiger partial charge is 0.317 e. The van der Waals surface area contributed by atoms with Crippen LogP contribution in [0.1, 0.15) is 18.9 Å². The number of hydrogen-bond acceptors (Lipinski definition) is 4. The summed E-state index contributed by atoms with van der Waals surface area (Å²) < 4.78 is 0. The number of urea groups is 1. The molecule has 1 fully saturated rings. The van der Waals surface area contributed by atoms with Gasteiger partial charge in [-0.25, -0.2) is 9.78 Å². The largest absolute Gasteiger partial charge is 0.354 e. The second-order valence-electron chi connectivity index (χ2n) is 4.65. The van der Waals surface area contributed by atoms with Crippen molar-refractivity contribution in [2.24, 2.45) is 0 Å². The molecule has 6 nitrogen and oxygen atoms in total. The lowest BCUT2D eigenvalue weighted by Crippen LogP contribution is -2.42. The molecule has 1 aliphatic rings. The third kappa shape index (κ3) is 3.18. The van der Waals surface area contributed by atoms with E-state index < -0.39 is 0 Å². The van der Waals surface area contributed by atoms with E-state index in [-0.39, 0.29) is 6.03 Å². The van der Waals surface area contributed by atoms with E-state index in [1.54, 1.807) is 18.3 Å². The Kier molecular flexibility index (Phi) is 4.77. The number of rotatable bonds is 2. The summed E-state index contributed by atoms with van der Waals surface area (Å²) in [7, 11) is 0. The van der Waals surface area contributed by atoms with Gasteiger partial charge in [0.25, 0.3) is 0 Å². The molecule has 0 aliphatic carbocycles. The lowest BCUT2D eigenvalue weighted by Gasteiger charge is -2.23. The minimum atomic E-state index is -0.0177. The quantitative estimate of drug-likeness (QED) is 0.878. The monoisotopic (exact) mass is 273 g/mol. The summed E-state index contributed by atoms with van der Waals surface area (Å²) in [6.45, 7) is 5.43. The van der Waals surface area contributed by atoms with Crippen LogP contribution in [0.15, 0.2) is 18.3 Å². The number of anilines is 1. The van der Waals surface area contributed by atoms with E-state index in [2.05, 4.69) is 21.3 Å². The molecule has 0 aromatic carbocycles. The van der Waals surface area contributed by atoms with Crippen LogP contribution in [-0.2, 0) is 0 Å². The predicted molar refractivity (Wildman–Crippen MR) is 76.4 cm³/mol. The van der Waals surface area contributed by atoms with Crippen LogP contribution in [0, 0.1) is 11.3 Å². The Morgan fingerprint density at radius 1 is 1.45 bits per heavy atom. The van der Waals surface area contributed by atoms with E-state index in [4.69, 9.17) is 5.26 Å². The van der Waals surface area contributed by atoms with Crippen LogP contribution in [0.4, 0.5) is 10.6 Å². The fourth-order valence-electron chi connectivity index (χ4n) is 2.33. The number of carbonyl (C=O) groups is 1. The third-order valence-electron chi connectivity index (χ3n) is 3.32. The molecular formula is C14H19N5O. The van der Waals surface area contributed by atoms with Crippen LogP contribution in [0.25, 0.3) is 0 Å². The van der Waals surface area contributed by atoms with Gasteiger partial charge in [0.05, 0.1) is 5.56 Å². The molecule has 0 atom stereocenters. The normalized spacial score (nSPS) is 15.4. The number of nitriles is 1. The maximum absolute atomic E-state index is 11.8. The third-order valence-corrected chi connectivity index (χ3v) is 3.32. The van der Waals surface area contributed by atoms with Gasteiger partial charge >= 0.3 is 6.03 Å². The summed E-state index contributed by atoms with van der Waals surface area (Å²) >= 11 is 0. The molecule has 106 valence electrons. The van der Waals surface area contributed by atoms with Crippen molar-refractivity contribution in [2.75, 3.05) is 37.6 Å². The van der Waals surface area contributed by atoms with E-state index in [0.29, 0.717) is 31.0 Å². The molecule has 1 saturated heterocycles. The maximum Gasteiger partial charge on any atom is 0.317 e. The maximum atomic E-state index is 11.8. The van der Waals surface area contributed by atoms with Gasteiger partial charge in [0.1, 0.15) is 11.9 Å². The molecule has 1 aromatic heterocycles. The van der Waals surface area contributed by atoms with Crippen molar-refractivity contribution < 1.29 is 4.79 Å². The van der Waals surface area contributed by atoms with Gasteiger partial charge in [-0.05, 0) is 25.5 Å². The molecule has 0 unspecified atom stereocenters. The van der Waals surface area contributed by atoms with E-state index in [9.17, 15) is 4.79 Å². The Bertz CT molecular complexity index is 511. The zero-order chi connectivity index (χ0) is 14.4. The SMILES string of the molecule is CCNC(=O)N1CCCN(c2ncccc2C#N)CC1. The average molecular weight is 273 g/mol. The Labute approximate surface area is 119 Å². The number of aromatic nitrogens is 1. The zero-order valence-electron chi connectivity index (χ0n) is 11.7. The first-order chi connectivity index (χ1) is 9.76. The molecule has 6 heteroatoms. The Morgan fingerprint density at radius 3 is 3.05 bits per heavy atom. The van der Waals surface area contributed by atoms with E-state index in [0.717, 1.165) is 19.5 Å². The number of nitrogens with one attached hydrogen (secondary N) is 1. The van der Waals surface area contributed by atoms with Crippen molar-refractivity contribution in [3.8, 4) is 6.07 Å². The van der Waals surface area contributed by atoms with Crippen molar-refractivity contribution in [2.45, 2.75) is 13.3 Å². The van der Waals surface area contributed by atoms with E-state index in [1.807, 2.05) is 11.8 Å². The van der Waals surface area contributed by atoms with Gasteiger partial charge in [-0.2, -0.15) is 5.26 Å². The highest BCUT2D eigenvalue weighted by atomic mass is 16.2. The second-order valence-corrected chi connectivity index (χ2v) is 4.65. The van der Waals surface area contributed by atoms with Crippen molar-refractivity contribution >= 4 is 11.8 Å². The van der Waals surface area contributed by atoms with Crippen LogP contribution in [0.3, 0.4) is 0 Å². The molecule has 1 aliphatic heterocycles. The lowest BCUT2D eigenvalue weighted by atomic mass is 10.2. The number of amides is 2. The van der Waals surface area contributed by atoms with Crippen molar-refractivity contribution in [1.29, 1.82) is 5.26 Å². The van der Waals surface area contributed by atoms with E-state index >= 15 is 0 Å². The van der Waals surface area contributed by atoms with E-state index in [1.165, 1.54) is 0 Å². The molecule has 1 N–H and O–H groups in total. The topological polar surface area (TPSA) is 72.3 Å². The lowest BCUT2D eigenvalue weighted by molar-refractivity contribution is 0.202. The van der Waals surface area contributed by atoms with Crippen molar-refractivity contribution in [1.82, 2.24) is 15.2 Å². The van der Waals surface area contributed by atoms with Gasteiger partial charge in [0.15, 0.2) is 0 Å². The van der Waals surface area contributed by atoms with Crippen molar-refractivity contribution in [3.63, 3.8) is 0 Å². The fourth-order valence-corrected chi connectivity index (χ4v) is 2.33. The van der Waals surface area contributed by atoms with Crippen LogP contribution >= 0.6 is 0 Å². The van der Waals surface area contributed by atoms with Gasteiger partial charge in [-0.15, -0.1) is 0 Å². The fraction of sp³-hybridized carbons (Fsp3) is 0.500. The molecular weight excluding hydrogens is 254 g/mol. The highest BCUT2D eigenvalue weighted by Crippen LogP contribution is 2.18. The minimum Gasteiger partial charge on any atom is -0.354 e. The highest BCUT2D eigenvalue weighted by Gasteiger charge is 2.20. The number of pyridine rings is 1. The predicted octanol–water partition coefficient (Wildman–Crippen LogP) is 1.19. The Morgan fingerprint density at radius 2 is 2.30 bits per heavy atom. The summed E-state index contributed by atoms with van der Waals surface area (Å²) in [4.78, 5) is 20.1. The Balaban J connectivity index is 2.06. The molecule has 2 rings (SSSR count). The van der Waals surface area contributed by atoms with Gasteiger partial charge in [0, 0.05) is 38.9 Å². The first kappa shape index (κ1) is 14.1. The summed E-state index contributed by atoms with van der Waals surface area (Å²) in [5, 5.41) is 12.0. The molecule has 0 spiro atoms. The van der Waals surface area contributed by atoms with Crippen LogP contribution < -0.4 is 10.2 Å². The average Bonchev–Trinajstić information content (AvgIpc) is 2.73. The first-order valence-corrected chi connectivity index (χ1v) is 6.89. The molecule has 2 amide bonds. The number of nitrogens with zero attached hydrogens (tertiary/aromatic N) is 4. The van der Waals surface area contributed by atoms with Crippen LogP contribution in [0.5, 0.6) is 0 Å². The standard InChI is InChI=1S/C14H19N5O/c1-2-16-14(20)19-8-4-7-18(9-10-19)13-12(11-15)5-3-6-17-13/h3,5-6H,2,4,7-10H2,1H3,(H,16,20). The molecule has 0 bridgehead atoms. The van der Waals surface area contributed by atoms with Crippen molar-refractivity contribution in [3.05, 3.63) is 23.9 Å². The number of hydrogen-bond donors (Lipinski definition) is 1. The number of carbonyl (C=O) groups excluding carboxylic acids is 1. The minimum absolute atomic E-state index is 0.0177. The Hall–Kier alpha value is -2.29. The zero-order valence-corrected chi connectivity index (χ0v) is 11.7.